The minimum atomic E-state index is 0.535. The number of para-hydroxylation sites is 1. The second kappa shape index (κ2) is 5.98. The molecule has 0 heterocycles. The molecule has 1 aliphatic rings. The maximum absolute atomic E-state index is 6.31. The summed E-state index contributed by atoms with van der Waals surface area (Å²) in [7, 11) is 4.06. The van der Waals surface area contributed by atoms with E-state index in [9.17, 15) is 0 Å². The lowest BCUT2D eigenvalue weighted by Gasteiger charge is -2.37. The number of benzene rings is 2. The zero-order valence-corrected chi connectivity index (χ0v) is 13.3. The lowest BCUT2D eigenvalue weighted by molar-refractivity contribution is 0.374. The Morgan fingerprint density at radius 3 is 2.38 bits per heavy atom. The third-order valence-corrected chi connectivity index (χ3v) is 4.51. The van der Waals surface area contributed by atoms with Crippen molar-refractivity contribution in [3.05, 3.63) is 59.1 Å². The quantitative estimate of drug-likeness (QED) is 0.875. The normalized spacial score (nSPS) is 20.7. The van der Waals surface area contributed by atoms with E-state index in [-0.39, 0.29) is 0 Å². The summed E-state index contributed by atoms with van der Waals surface area (Å²) >= 11 is 6.31. The fourth-order valence-corrected chi connectivity index (χ4v) is 3.38. The maximum atomic E-state index is 6.31. The van der Waals surface area contributed by atoms with E-state index in [1.807, 2.05) is 26.2 Å². The predicted octanol–water partition coefficient (Wildman–Crippen LogP) is 4.76. The van der Waals surface area contributed by atoms with Crippen LogP contribution < -0.4 is 10.2 Å². The van der Waals surface area contributed by atoms with Crippen molar-refractivity contribution in [3.8, 4) is 0 Å². The second-order valence-corrected chi connectivity index (χ2v) is 6.36. The number of halogens is 1. The van der Waals surface area contributed by atoms with Crippen LogP contribution in [0.5, 0.6) is 0 Å². The average molecular weight is 301 g/mol. The van der Waals surface area contributed by atoms with Crippen LogP contribution in [0.2, 0.25) is 5.02 Å². The van der Waals surface area contributed by atoms with E-state index in [2.05, 4.69) is 46.6 Å². The molecule has 1 N–H and O–H groups in total. The van der Waals surface area contributed by atoms with Gasteiger partial charge < -0.3 is 10.2 Å². The van der Waals surface area contributed by atoms with Gasteiger partial charge in [0, 0.05) is 20.1 Å². The fourth-order valence-electron chi connectivity index (χ4n) is 3.04. The predicted molar refractivity (Wildman–Crippen MR) is 91.6 cm³/mol. The molecule has 0 bridgehead atoms. The van der Waals surface area contributed by atoms with Crippen LogP contribution in [0.4, 0.5) is 11.4 Å². The van der Waals surface area contributed by atoms with Crippen molar-refractivity contribution in [1.82, 2.24) is 0 Å². The van der Waals surface area contributed by atoms with Crippen LogP contribution in [0.1, 0.15) is 24.3 Å². The van der Waals surface area contributed by atoms with Gasteiger partial charge in [-0.05, 0) is 36.5 Å². The molecule has 1 saturated carbocycles. The molecule has 0 radical (unpaired) electrons. The Kier molecular flexibility index (Phi) is 4.07. The van der Waals surface area contributed by atoms with Crippen LogP contribution in [-0.4, -0.2) is 20.1 Å². The van der Waals surface area contributed by atoms with Crippen molar-refractivity contribution in [2.24, 2.45) is 0 Å². The Bertz CT molecular complexity index is 604. The highest BCUT2D eigenvalue weighted by Gasteiger charge is 2.30. The van der Waals surface area contributed by atoms with Gasteiger partial charge in [0.05, 0.1) is 16.4 Å². The first-order valence-corrected chi connectivity index (χ1v) is 7.80. The highest BCUT2D eigenvalue weighted by Crippen LogP contribution is 2.40. The van der Waals surface area contributed by atoms with Crippen LogP contribution in [0.25, 0.3) is 0 Å². The van der Waals surface area contributed by atoms with Crippen molar-refractivity contribution in [2.45, 2.75) is 24.8 Å². The second-order valence-electron chi connectivity index (χ2n) is 5.95. The summed E-state index contributed by atoms with van der Waals surface area (Å²) < 4.78 is 0. The number of anilines is 2. The molecular formula is C18H21ClN2. The third kappa shape index (κ3) is 3.01. The van der Waals surface area contributed by atoms with Gasteiger partial charge in [-0.2, -0.15) is 0 Å². The highest BCUT2D eigenvalue weighted by molar-refractivity contribution is 6.34. The summed E-state index contributed by atoms with van der Waals surface area (Å²) in [5.41, 5.74) is 3.65. The van der Waals surface area contributed by atoms with Gasteiger partial charge in [-0.15, -0.1) is 0 Å². The molecule has 3 heteroatoms. The number of nitrogens with zero attached hydrogens (tertiary/aromatic N) is 1. The van der Waals surface area contributed by atoms with E-state index in [1.54, 1.807) is 0 Å². The maximum Gasteiger partial charge on any atom is 0.0786 e. The molecule has 2 aromatic rings. The van der Waals surface area contributed by atoms with Crippen LogP contribution in [0.3, 0.4) is 0 Å². The molecule has 0 amide bonds. The molecule has 0 saturated heterocycles. The first kappa shape index (κ1) is 14.3. The standard InChI is InChI=1S/C18H21ClN2/c1-21(2)18-16(19)9-6-10-17(18)20-15-11-14(12-15)13-7-4-3-5-8-13/h3-10,14-15,20H,11-12H2,1-2H3. The van der Waals surface area contributed by atoms with Crippen LogP contribution in [0.15, 0.2) is 48.5 Å². The molecule has 2 aromatic carbocycles. The van der Waals surface area contributed by atoms with E-state index >= 15 is 0 Å². The Morgan fingerprint density at radius 2 is 1.71 bits per heavy atom. The molecule has 3 rings (SSSR count). The molecule has 1 fully saturated rings. The molecule has 110 valence electrons. The van der Waals surface area contributed by atoms with Crippen molar-refractivity contribution in [2.75, 3.05) is 24.3 Å². The lowest BCUT2D eigenvalue weighted by Crippen LogP contribution is -2.34. The van der Waals surface area contributed by atoms with Crippen LogP contribution in [-0.2, 0) is 0 Å². The number of hydrogen-bond donors (Lipinski definition) is 1. The van der Waals surface area contributed by atoms with E-state index in [0.717, 1.165) is 16.4 Å². The first-order valence-electron chi connectivity index (χ1n) is 7.42. The largest absolute Gasteiger partial charge is 0.381 e. The highest BCUT2D eigenvalue weighted by atomic mass is 35.5. The Balaban J connectivity index is 1.66. The average Bonchev–Trinajstić information content (AvgIpc) is 2.43. The Morgan fingerprint density at radius 1 is 1.00 bits per heavy atom. The lowest BCUT2D eigenvalue weighted by atomic mass is 9.76. The first-order chi connectivity index (χ1) is 10.1. The summed E-state index contributed by atoms with van der Waals surface area (Å²) in [4.78, 5) is 2.07. The summed E-state index contributed by atoms with van der Waals surface area (Å²) in [6, 6.07) is 17.4. The SMILES string of the molecule is CN(C)c1c(Cl)cccc1NC1CC(c2ccccc2)C1. The summed E-state index contributed by atoms with van der Waals surface area (Å²) in [5, 5.41) is 4.44. The molecule has 0 unspecified atom stereocenters. The van der Waals surface area contributed by atoms with Crippen molar-refractivity contribution < 1.29 is 0 Å². The molecule has 0 aromatic heterocycles. The molecule has 21 heavy (non-hydrogen) atoms. The zero-order chi connectivity index (χ0) is 14.8. The topological polar surface area (TPSA) is 15.3 Å². The molecule has 1 aliphatic carbocycles. The van der Waals surface area contributed by atoms with Gasteiger partial charge in [-0.1, -0.05) is 48.0 Å². The van der Waals surface area contributed by atoms with Gasteiger partial charge >= 0.3 is 0 Å². The third-order valence-electron chi connectivity index (χ3n) is 4.20. The van der Waals surface area contributed by atoms with E-state index in [4.69, 9.17) is 11.6 Å². The fraction of sp³-hybridized carbons (Fsp3) is 0.333. The van der Waals surface area contributed by atoms with Crippen molar-refractivity contribution in [1.29, 1.82) is 0 Å². The smallest absolute Gasteiger partial charge is 0.0786 e. The van der Waals surface area contributed by atoms with Gasteiger partial charge in [0.25, 0.3) is 0 Å². The minimum Gasteiger partial charge on any atom is -0.381 e. The zero-order valence-electron chi connectivity index (χ0n) is 12.5. The van der Waals surface area contributed by atoms with E-state index in [1.165, 1.54) is 18.4 Å². The van der Waals surface area contributed by atoms with Crippen molar-refractivity contribution >= 4 is 23.0 Å². The van der Waals surface area contributed by atoms with E-state index < -0.39 is 0 Å². The van der Waals surface area contributed by atoms with Gasteiger partial charge in [-0.3, -0.25) is 0 Å². The molecule has 0 aliphatic heterocycles. The summed E-state index contributed by atoms with van der Waals surface area (Å²) in [5.74, 6) is 0.686. The summed E-state index contributed by atoms with van der Waals surface area (Å²) in [6.07, 6.45) is 2.37. The van der Waals surface area contributed by atoms with Gasteiger partial charge in [0.2, 0.25) is 0 Å². The van der Waals surface area contributed by atoms with Crippen LogP contribution in [0, 0.1) is 0 Å². The van der Waals surface area contributed by atoms with E-state index in [0.29, 0.717) is 12.0 Å². The Hall–Kier alpha value is -1.67. The number of nitrogens with one attached hydrogen (secondary N) is 1. The van der Waals surface area contributed by atoms with Crippen molar-refractivity contribution in [3.63, 3.8) is 0 Å². The molecule has 2 nitrogen and oxygen atoms in total. The van der Waals surface area contributed by atoms with Crippen LogP contribution >= 0.6 is 11.6 Å². The summed E-state index contributed by atoms with van der Waals surface area (Å²) in [6.45, 7) is 0. The van der Waals surface area contributed by atoms with Gasteiger partial charge in [-0.25, -0.2) is 0 Å². The Labute approximate surface area is 131 Å². The molecular weight excluding hydrogens is 280 g/mol. The molecule has 0 spiro atoms. The monoisotopic (exact) mass is 300 g/mol. The number of hydrogen-bond acceptors (Lipinski definition) is 2. The molecule has 0 atom stereocenters. The van der Waals surface area contributed by atoms with Gasteiger partial charge in [0.1, 0.15) is 0 Å². The number of rotatable bonds is 4. The van der Waals surface area contributed by atoms with Gasteiger partial charge in [0.15, 0.2) is 0 Å². The minimum absolute atomic E-state index is 0.535.